The van der Waals surface area contributed by atoms with Crippen LogP contribution in [0.2, 0.25) is 0 Å². The van der Waals surface area contributed by atoms with E-state index in [2.05, 4.69) is 0 Å². The van der Waals surface area contributed by atoms with Crippen molar-refractivity contribution in [2.24, 2.45) is 0 Å². The van der Waals surface area contributed by atoms with Gasteiger partial charge in [-0.3, -0.25) is 9.59 Å². The predicted octanol–water partition coefficient (Wildman–Crippen LogP) is 2.12. The number of hydrogen-bond acceptors (Lipinski definition) is 5. The van der Waals surface area contributed by atoms with Crippen LogP contribution in [0.1, 0.15) is 43.2 Å². The second kappa shape index (κ2) is 7.19. The lowest BCUT2D eigenvalue weighted by Gasteiger charge is -2.28. The SMILES string of the molecule is CCc1c(C(CC)(C(=O)O)C(=O)O)ccc(C2OCCO2)c1OC. The Hall–Kier alpha value is -2.12. The van der Waals surface area contributed by atoms with Crippen molar-refractivity contribution < 1.29 is 34.0 Å². The number of aliphatic carboxylic acids is 2. The summed E-state index contributed by atoms with van der Waals surface area (Å²) < 4.78 is 16.5. The summed E-state index contributed by atoms with van der Waals surface area (Å²) in [7, 11) is 1.46. The molecule has 0 aromatic heterocycles. The quantitative estimate of drug-likeness (QED) is 0.734. The fourth-order valence-corrected chi connectivity index (χ4v) is 3.18. The van der Waals surface area contributed by atoms with Crippen molar-refractivity contribution in [1.29, 1.82) is 0 Å². The third kappa shape index (κ3) is 2.74. The van der Waals surface area contributed by atoms with E-state index in [1.54, 1.807) is 13.0 Å². The van der Waals surface area contributed by atoms with E-state index in [9.17, 15) is 19.8 Å². The average molecular weight is 338 g/mol. The molecule has 7 nitrogen and oxygen atoms in total. The summed E-state index contributed by atoms with van der Waals surface area (Å²) in [5.74, 6) is -2.37. The number of hydrogen-bond donors (Lipinski definition) is 2. The molecule has 1 aromatic carbocycles. The number of ether oxygens (including phenoxy) is 3. The number of rotatable bonds is 7. The lowest BCUT2D eigenvalue weighted by Crippen LogP contribution is -2.44. The Balaban J connectivity index is 2.70. The van der Waals surface area contributed by atoms with Gasteiger partial charge in [0.05, 0.1) is 25.9 Å². The highest BCUT2D eigenvalue weighted by atomic mass is 16.7. The summed E-state index contributed by atoms with van der Waals surface area (Å²) in [4.78, 5) is 23.7. The molecule has 7 heteroatoms. The van der Waals surface area contributed by atoms with E-state index < -0.39 is 23.6 Å². The Labute approximate surface area is 140 Å². The normalized spacial score (nSPS) is 15.5. The van der Waals surface area contributed by atoms with Gasteiger partial charge in [0.15, 0.2) is 11.7 Å². The Bertz CT molecular complexity index is 618. The standard InChI is InChI=1S/C17H22O7/c1-4-10-12(17(5-2,15(18)19)16(20)21)7-6-11(13(10)22-3)14-23-8-9-24-14/h6-7,14H,4-5,8-9H2,1-3H3,(H,18,19)(H,20,21). The van der Waals surface area contributed by atoms with Crippen molar-refractivity contribution in [2.45, 2.75) is 38.4 Å². The average Bonchev–Trinajstić information content (AvgIpc) is 3.08. The minimum absolute atomic E-state index is 0.0798. The fourth-order valence-electron chi connectivity index (χ4n) is 3.18. The molecule has 2 rings (SSSR count). The van der Waals surface area contributed by atoms with Crippen LogP contribution in [0.4, 0.5) is 0 Å². The van der Waals surface area contributed by atoms with E-state index in [0.29, 0.717) is 36.5 Å². The van der Waals surface area contributed by atoms with E-state index in [-0.39, 0.29) is 12.0 Å². The van der Waals surface area contributed by atoms with Crippen LogP contribution in [-0.2, 0) is 30.9 Å². The summed E-state index contributed by atoms with van der Waals surface area (Å²) in [6.45, 7) is 4.29. The monoisotopic (exact) mass is 338 g/mol. The Morgan fingerprint density at radius 2 is 1.79 bits per heavy atom. The molecule has 0 amide bonds. The molecule has 0 aliphatic carbocycles. The molecule has 1 aliphatic heterocycles. The molecule has 1 aliphatic rings. The van der Waals surface area contributed by atoms with Gasteiger partial charge in [0.2, 0.25) is 0 Å². The minimum atomic E-state index is -2.02. The second-order valence-corrected chi connectivity index (χ2v) is 5.51. The number of benzene rings is 1. The molecular formula is C17H22O7. The zero-order valence-corrected chi connectivity index (χ0v) is 14.0. The van der Waals surface area contributed by atoms with Crippen molar-refractivity contribution in [1.82, 2.24) is 0 Å². The van der Waals surface area contributed by atoms with Crippen LogP contribution in [0.3, 0.4) is 0 Å². The number of carbonyl (C=O) groups is 2. The maximum absolute atomic E-state index is 11.8. The summed E-state index contributed by atoms with van der Waals surface area (Å²) in [6, 6.07) is 3.16. The zero-order chi connectivity index (χ0) is 17.9. The lowest BCUT2D eigenvalue weighted by molar-refractivity contribution is -0.157. The minimum Gasteiger partial charge on any atom is -0.496 e. The number of carboxylic acids is 2. The van der Waals surface area contributed by atoms with E-state index in [4.69, 9.17) is 14.2 Å². The van der Waals surface area contributed by atoms with Crippen molar-refractivity contribution in [3.63, 3.8) is 0 Å². The first-order valence-electron chi connectivity index (χ1n) is 7.84. The third-order valence-corrected chi connectivity index (χ3v) is 4.44. The predicted molar refractivity (Wildman–Crippen MR) is 84.3 cm³/mol. The molecule has 0 unspecified atom stereocenters. The molecule has 1 heterocycles. The molecule has 24 heavy (non-hydrogen) atoms. The van der Waals surface area contributed by atoms with Crippen LogP contribution in [0, 0.1) is 0 Å². The van der Waals surface area contributed by atoms with Gasteiger partial charge < -0.3 is 24.4 Å². The summed E-state index contributed by atoms with van der Waals surface area (Å²) in [6.07, 6.45) is -0.254. The van der Waals surface area contributed by atoms with Gasteiger partial charge in [-0.2, -0.15) is 0 Å². The first kappa shape index (κ1) is 18.2. The summed E-state index contributed by atoms with van der Waals surface area (Å²) in [5.41, 5.74) is -0.614. The van der Waals surface area contributed by atoms with Gasteiger partial charge >= 0.3 is 11.9 Å². The first-order valence-corrected chi connectivity index (χ1v) is 7.84. The molecule has 0 saturated carbocycles. The van der Waals surface area contributed by atoms with Crippen molar-refractivity contribution in [3.8, 4) is 5.75 Å². The van der Waals surface area contributed by atoms with E-state index in [1.165, 1.54) is 13.2 Å². The van der Waals surface area contributed by atoms with Gasteiger partial charge in [-0.05, 0) is 30.0 Å². The zero-order valence-electron chi connectivity index (χ0n) is 14.0. The van der Waals surface area contributed by atoms with E-state index >= 15 is 0 Å². The smallest absolute Gasteiger partial charge is 0.325 e. The van der Waals surface area contributed by atoms with Crippen molar-refractivity contribution >= 4 is 11.9 Å². The largest absolute Gasteiger partial charge is 0.496 e. The molecule has 0 radical (unpaired) electrons. The molecule has 0 atom stereocenters. The van der Waals surface area contributed by atoms with E-state index in [1.807, 2.05) is 6.92 Å². The van der Waals surface area contributed by atoms with Gasteiger partial charge in [0, 0.05) is 0 Å². The van der Waals surface area contributed by atoms with Crippen LogP contribution < -0.4 is 4.74 Å². The van der Waals surface area contributed by atoms with E-state index in [0.717, 1.165) is 0 Å². The number of carboxylic acid groups (broad SMARTS) is 2. The second-order valence-electron chi connectivity index (χ2n) is 5.51. The molecular weight excluding hydrogens is 316 g/mol. The molecule has 1 saturated heterocycles. The highest BCUT2D eigenvalue weighted by molar-refractivity contribution is 6.05. The highest BCUT2D eigenvalue weighted by Gasteiger charge is 2.48. The highest BCUT2D eigenvalue weighted by Crippen LogP contribution is 2.41. The maximum atomic E-state index is 11.8. The van der Waals surface area contributed by atoms with Gasteiger partial charge in [0.1, 0.15) is 5.75 Å². The molecule has 0 spiro atoms. The maximum Gasteiger partial charge on any atom is 0.325 e. The van der Waals surface area contributed by atoms with Crippen molar-refractivity contribution in [3.05, 3.63) is 28.8 Å². The van der Waals surface area contributed by atoms with Gasteiger partial charge in [-0.25, -0.2) is 0 Å². The Morgan fingerprint density at radius 1 is 1.21 bits per heavy atom. The van der Waals surface area contributed by atoms with Crippen LogP contribution in [0.25, 0.3) is 0 Å². The molecule has 1 fully saturated rings. The molecule has 132 valence electrons. The van der Waals surface area contributed by atoms with Gasteiger partial charge in [-0.1, -0.05) is 19.9 Å². The van der Waals surface area contributed by atoms with Gasteiger partial charge in [-0.15, -0.1) is 0 Å². The number of methoxy groups -OCH3 is 1. The van der Waals surface area contributed by atoms with Gasteiger partial charge in [0.25, 0.3) is 0 Å². The first-order chi connectivity index (χ1) is 11.4. The van der Waals surface area contributed by atoms with Crippen molar-refractivity contribution in [2.75, 3.05) is 20.3 Å². The van der Waals surface area contributed by atoms with Crippen LogP contribution in [0.15, 0.2) is 12.1 Å². The molecule has 2 N–H and O–H groups in total. The summed E-state index contributed by atoms with van der Waals surface area (Å²) >= 11 is 0. The Morgan fingerprint density at radius 3 is 2.21 bits per heavy atom. The molecule has 0 bridgehead atoms. The Kier molecular flexibility index (Phi) is 5.46. The summed E-state index contributed by atoms with van der Waals surface area (Å²) in [5, 5.41) is 19.3. The molecule has 1 aromatic rings. The third-order valence-electron chi connectivity index (χ3n) is 4.44. The lowest BCUT2D eigenvalue weighted by atomic mass is 9.74. The van der Waals surface area contributed by atoms with Crippen LogP contribution in [-0.4, -0.2) is 42.5 Å². The topological polar surface area (TPSA) is 102 Å². The van der Waals surface area contributed by atoms with Crippen LogP contribution >= 0.6 is 0 Å². The van der Waals surface area contributed by atoms with Crippen LogP contribution in [0.5, 0.6) is 5.75 Å². The fraction of sp³-hybridized carbons (Fsp3) is 0.529.